The second kappa shape index (κ2) is 6.26. The molecule has 0 N–H and O–H groups in total. The second-order valence-electron chi connectivity index (χ2n) is 5.12. The molecule has 2 aromatic rings. The Hall–Kier alpha value is -1.37. The van der Waals surface area contributed by atoms with E-state index in [2.05, 4.69) is 9.36 Å². The van der Waals surface area contributed by atoms with Gasteiger partial charge in [0.25, 0.3) is 0 Å². The maximum atomic E-state index is 12.7. The van der Waals surface area contributed by atoms with Crippen LogP contribution in [0.4, 0.5) is 18.2 Å². The van der Waals surface area contributed by atoms with Crippen LogP contribution in [0.5, 0.6) is 0 Å². The zero-order valence-electron chi connectivity index (χ0n) is 11.6. The number of nitriles is 1. The van der Waals surface area contributed by atoms with E-state index in [4.69, 9.17) is 16.9 Å². The van der Waals surface area contributed by atoms with Crippen LogP contribution in [0.2, 0.25) is 5.15 Å². The van der Waals surface area contributed by atoms with Gasteiger partial charge in [0.1, 0.15) is 16.6 Å². The number of halogens is 4. The van der Waals surface area contributed by atoms with E-state index >= 15 is 0 Å². The van der Waals surface area contributed by atoms with E-state index < -0.39 is 11.9 Å². The maximum absolute atomic E-state index is 12.7. The van der Waals surface area contributed by atoms with Crippen LogP contribution in [0.1, 0.15) is 35.0 Å². The maximum Gasteiger partial charge on any atom is 0.434 e. The Balaban J connectivity index is 1.81. The summed E-state index contributed by atoms with van der Waals surface area (Å²) in [6.07, 6.45) is -2.83. The molecule has 1 unspecified atom stereocenters. The summed E-state index contributed by atoms with van der Waals surface area (Å²) >= 11 is 8.06. The molecule has 1 aliphatic rings. The van der Waals surface area contributed by atoms with E-state index in [0.717, 1.165) is 47.6 Å². The van der Waals surface area contributed by atoms with Crippen molar-refractivity contribution in [1.82, 2.24) is 9.36 Å². The molecule has 10 heteroatoms. The fourth-order valence-corrected chi connectivity index (χ4v) is 4.56. The molecule has 2 aromatic heterocycles. The minimum absolute atomic E-state index is 0.0859. The molecule has 4 nitrogen and oxygen atoms in total. The summed E-state index contributed by atoms with van der Waals surface area (Å²) in [5, 5.41) is 11.5. The topological polar surface area (TPSA) is 52.8 Å². The van der Waals surface area contributed by atoms with Gasteiger partial charge in [-0.2, -0.15) is 22.8 Å². The summed E-state index contributed by atoms with van der Waals surface area (Å²) < 4.78 is 42.0. The first kappa shape index (κ1) is 16.5. The van der Waals surface area contributed by atoms with Gasteiger partial charge >= 0.3 is 6.18 Å². The molecule has 23 heavy (non-hydrogen) atoms. The van der Waals surface area contributed by atoms with Gasteiger partial charge in [-0.25, -0.2) is 4.98 Å². The van der Waals surface area contributed by atoms with Crippen molar-refractivity contribution in [2.75, 3.05) is 18.0 Å². The predicted molar refractivity (Wildman–Crippen MR) is 83.1 cm³/mol. The third-order valence-electron chi connectivity index (χ3n) is 3.61. The molecule has 1 fully saturated rings. The van der Waals surface area contributed by atoms with Gasteiger partial charge in [0, 0.05) is 24.4 Å². The van der Waals surface area contributed by atoms with E-state index in [1.54, 1.807) is 0 Å². The number of nitrogens with zero attached hydrogens (tertiary/aromatic N) is 4. The Kier molecular flexibility index (Phi) is 4.49. The number of anilines is 1. The Morgan fingerprint density at radius 1 is 1.43 bits per heavy atom. The lowest BCUT2D eigenvalue weighted by atomic mass is 9.99. The van der Waals surface area contributed by atoms with Crippen molar-refractivity contribution in [1.29, 1.82) is 5.26 Å². The molecule has 0 bridgehead atoms. The van der Waals surface area contributed by atoms with Crippen molar-refractivity contribution >= 4 is 39.5 Å². The lowest BCUT2D eigenvalue weighted by Crippen LogP contribution is -2.34. The molecule has 0 aromatic carbocycles. The van der Waals surface area contributed by atoms with Crippen LogP contribution in [0.15, 0.2) is 5.38 Å². The molecule has 0 radical (unpaired) electrons. The molecule has 1 atom stereocenters. The third-order valence-corrected chi connectivity index (χ3v) is 5.90. The largest absolute Gasteiger partial charge is 0.434 e. The van der Waals surface area contributed by atoms with E-state index in [0.29, 0.717) is 22.1 Å². The van der Waals surface area contributed by atoms with E-state index in [1.807, 2.05) is 11.0 Å². The number of alkyl halides is 3. The Bertz CT molecular complexity index is 749. The fourth-order valence-electron chi connectivity index (χ4n) is 2.54. The average molecular weight is 379 g/mol. The Labute approximate surface area is 143 Å². The summed E-state index contributed by atoms with van der Waals surface area (Å²) in [7, 11) is 0. The van der Waals surface area contributed by atoms with Gasteiger partial charge < -0.3 is 4.90 Å². The van der Waals surface area contributed by atoms with Crippen LogP contribution in [0.3, 0.4) is 0 Å². The first-order valence-electron chi connectivity index (χ1n) is 6.73. The van der Waals surface area contributed by atoms with Crippen LogP contribution in [-0.4, -0.2) is 22.4 Å². The standard InChI is InChI=1S/C13H10ClF3N4S2/c14-10-8(4-18)12(23-20-10)21-3-1-2-7(5-21)11-19-9(6-22-11)13(15,16)17/h6-7H,1-3,5H2. The molecule has 1 aliphatic heterocycles. The van der Waals surface area contributed by atoms with E-state index in [9.17, 15) is 13.2 Å². The Morgan fingerprint density at radius 3 is 2.87 bits per heavy atom. The van der Waals surface area contributed by atoms with Crippen LogP contribution >= 0.6 is 34.5 Å². The van der Waals surface area contributed by atoms with Gasteiger partial charge in [-0.05, 0) is 24.4 Å². The lowest BCUT2D eigenvalue weighted by Gasteiger charge is -2.32. The number of hydrogen-bond donors (Lipinski definition) is 0. The molecular weight excluding hydrogens is 369 g/mol. The van der Waals surface area contributed by atoms with Crippen LogP contribution in [0.25, 0.3) is 0 Å². The second-order valence-corrected chi connectivity index (χ2v) is 7.12. The van der Waals surface area contributed by atoms with Crippen LogP contribution < -0.4 is 4.90 Å². The van der Waals surface area contributed by atoms with Gasteiger partial charge in [-0.3, -0.25) is 0 Å². The first-order valence-corrected chi connectivity index (χ1v) is 8.76. The zero-order chi connectivity index (χ0) is 16.6. The van der Waals surface area contributed by atoms with Crippen LogP contribution in [0, 0.1) is 11.3 Å². The Morgan fingerprint density at radius 2 is 2.22 bits per heavy atom. The van der Waals surface area contributed by atoms with Crippen molar-refractivity contribution in [3.63, 3.8) is 0 Å². The highest BCUT2D eigenvalue weighted by atomic mass is 35.5. The fraction of sp³-hybridized carbons (Fsp3) is 0.462. The molecule has 0 saturated carbocycles. The molecule has 0 spiro atoms. The van der Waals surface area contributed by atoms with Gasteiger partial charge in [-0.1, -0.05) is 11.6 Å². The van der Waals surface area contributed by atoms with Crippen molar-refractivity contribution < 1.29 is 13.2 Å². The highest BCUT2D eigenvalue weighted by Gasteiger charge is 2.35. The van der Waals surface area contributed by atoms with Gasteiger partial charge in [0.15, 0.2) is 10.8 Å². The van der Waals surface area contributed by atoms with Gasteiger partial charge in [0.05, 0.1) is 5.01 Å². The summed E-state index contributed by atoms with van der Waals surface area (Å²) in [6.45, 7) is 1.24. The summed E-state index contributed by atoms with van der Waals surface area (Å²) in [4.78, 5) is 5.71. The zero-order valence-corrected chi connectivity index (χ0v) is 14.0. The SMILES string of the molecule is N#Cc1c(Cl)nsc1N1CCCC(c2nc(C(F)(F)F)cs2)C1. The number of piperidine rings is 1. The molecule has 3 heterocycles. The van der Waals surface area contributed by atoms with Gasteiger partial charge in [-0.15, -0.1) is 11.3 Å². The number of hydrogen-bond acceptors (Lipinski definition) is 6. The first-order chi connectivity index (χ1) is 10.9. The minimum atomic E-state index is -4.41. The summed E-state index contributed by atoms with van der Waals surface area (Å²) in [5.41, 5.74) is -0.513. The predicted octanol–water partition coefficient (Wildman–Crippen LogP) is 4.53. The quantitative estimate of drug-likeness (QED) is 0.770. The monoisotopic (exact) mass is 378 g/mol. The summed E-state index contributed by atoms with van der Waals surface area (Å²) in [6, 6.07) is 2.03. The molecule has 0 amide bonds. The molecular formula is C13H10ClF3N4S2. The number of thiazole rings is 1. The molecule has 3 rings (SSSR count). The lowest BCUT2D eigenvalue weighted by molar-refractivity contribution is -0.140. The number of aromatic nitrogens is 2. The highest BCUT2D eigenvalue weighted by Crippen LogP contribution is 2.38. The van der Waals surface area contributed by atoms with E-state index in [1.165, 1.54) is 0 Å². The third kappa shape index (κ3) is 3.29. The van der Waals surface area contributed by atoms with Crippen LogP contribution in [-0.2, 0) is 6.18 Å². The van der Waals surface area contributed by atoms with Crippen molar-refractivity contribution in [2.45, 2.75) is 24.9 Å². The number of rotatable bonds is 2. The molecule has 0 aliphatic carbocycles. The molecule has 1 saturated heterocycles. The smallest absolute Gasteiger partial charge is 0.360 e. The van der Waals surface area contributed by atoms with Crippen molar-refractivity contribution in [2.24, 2.45) is 0 Å². The minimum Gasteiger partial charge on any atom is -0.360 e. The van der Waals surface area contributed by atoms with Gasteiger partial charge in [0.2, 0.25) is 0 Å². The van der Waals surface area contributed by atoms with E-state index in [-0.39, 0.29) is 11.1 Å². The normalized spacial score (nSPS) is 18.9. The van der Waals surface area contributed by atoms with Crippen molar-refractivity contribution in [3.8, 4) is 6.07 Å². The molecule has 122 valence electrons. The average Bonchev–Trinajstić information content (AvgIpc) is 3.13. The summed E-state index contributed by atoms with van der Waals surface area (Å²) in [5.74, 6) is -0.0859. The van der Waals surface area contributed by atoms with Crippen molar-refractivity contribution in [3.05, 3.63) is 26.8 Å². The highest BCUT2D eigenvalue weighted by molar-refractivity contribution is 7.11.